The molecule has 2 aromatic carbocycles. The number of aryl methyl sites for hydroxylation is 2. The molecule has 0 heterocycles. The smallest absolute Gasteiger partial charge is 0.146 e. The highest BCUT2D eigenvalue weighted by Crippen LogP contribution is 2.33. The van der Waals surface area contributed by atoms with Gasteiger partial charge in [-0.2, -0.15) is 0 Å². The lowest BCUT2D eigenvalue weighted by atomic mass is 10.1. The molecule has 0 aliphatic rings. The summed E-state index contributed by atoms with van der Waals surface area (Å²) < 4.78 is 5.87. The van der Waals surface area contributed by atoms with E-state index in [1.807, 2.05) is 38.1 Å². The Morgan fingerprint density at radius 1 is 1.14 bits per heavy atom. The molecule has 1 atom stereocenters. The van der Waals surface area contributed by atoms with Crippen molar-refractivity contribution in [2.75, 3.05) is 18.5 Å². The topological polar surface area (TPSA) is 61.7 Å². The van der Waals surface area contributed by atoms with Gasteiger partial charge >= 0.3 is 0 Å². The standard InChI is InChI=1S/C17H20ClNO3/c1-11-3-4-12(2)17(7-11)22-16-6-5-13(8-15(16)18)19-9-14(21)10-20/h3-8,14,19-21H,9-10H2,1-2H3. The van der Waals surface area contributed by atoms with Crippen LogP contribution in [0, 0.1) is 13.8 Å². The van der Waals surface area contributed by atoms with Crippen LogP contribution in [0.1, 0.15) is 11.1 Å². The van der Waals surface area contributed by atoms with Gasteiger partial charge in [-0.25, -0.2) is 0 Å². The van der Waals surface area contributed by atoms with E-state index in [-0.39, 0.29) is 13.2 Å². The average Bonchev–Trinajstić information content (AvgIpc) is 2.50. The summed E-state index contributed by atoms with van der Waals surface area (Å²) in [5, 5.41) is 21.6. The van der Waals surface area contributed by atoms with E-state index in [4.69, 9.17) is 21.4 Å². The van der Waals surface area contributed by atoms with Gasteiger partial charge in [-0.05, 0) is 49.2 Å². The zero-order valence-electron chi connectivity index (χ0n) is 12.6. The van der Waals surface area contributed by atoms with E-state index in [2.05, 4.69) is 5.32 Å². The molecular formula is C17H20ClNO3. The van der Waals surface area contributed by atoms with Crippen molar-refractivity contribution < 1.29 is 14.9 Å². The fourth-order valence-corrected chi connectivity index (χ4v) is 2.15. The van der Waals surface area contributed by atoms with Crippen LogP contribution in [0.15, 0.2) is 36.4 Å². The lowest BCUT2D eigenvalue weighted by molar-refractivity contribution is 0.105. The molecule has 1 unspecified atom stereocenters. The Morgan fingerprint density at radius 2 is 1.91 bits per heavy atom. The van der Waals surface area contributed by atoms with E-state index in [0.29, 0.717) is 10.8 Å². The van der Waals surface area contributed by atoms with Crippen molar-refractivity contribution in [1.29, 1.82) is 0 Å². The first-order chi connectivity index (χ1) is 10.5. The molecule has 0 aromatic heterocycles. The lowest BCUT2D eigenvalue weighted by Gasteiger charge is -2.14. The molecular weight excluding hydrogens is 302 g/mol. The van der Waals surface area contributed by atoms with Gasteiger partial charge in [-0.1, -0.05) is 23.7 Å². The fraction of sp³-hybridized carbons (Fsp3) is 0.294. The van der Waals surface area contributed by atoms with Crippen LogP contribution < -0.4 is 10.1 Å². The number of anilines is 1. The van der Waals surface area contributed by atoms with Gasteiger partial charge in [0.25, 0.3) is 0 Å². The summed E-state index contributed by atoms with van der Waals surface area (Å²) >= 11 is 6.24. The van der Waals surface area contributed by atoms with Gasteiger partial charge in [0, 0.05) is 12.2 Å². The Morgan fingerprint density at radius 3 is 2.59 bits per heavy atom. The number of nitrogens with one attached hydrogen (secondary N) is 1. The Hall–Kier alpha value is -1.75. The molecule has 0 saturated carbocycles. The number of hydrogen-bond acceptors (Lipinski definition) is 4. The van der Waals surface area contributed by atoms with E-state index in [0.717, 1.165) is 22.6 Å². The van der Waals surface area contributed by atoms with E-state index in [9.17, 15) is 5.11 Å². The maximum absolute atomic E-state index is 9.32. The SMILES string of the molecule is Cc1ccc(C)c(Oc2ccc(NCC(O)CO)cc2Cl)c1. The van der Waals surface area contributed by atoms with Crippen molar-refractivity contribution >= 4 is 17.3 Å². The van der Waals surface area contributed by atoms with Crippen molar-refractivity contribution in [3.8, 4) is 11.5 Å². The number of aliphatic hydroxyl groups excluding tert-OH is 2. The molecule has 4 nitrogen and oxygen atoms in total. The second kappa shape index (κ2) is 7.49. The van der Waals surface area contributed by atoms with E-state index in [1.54, 1.807) is 12.1 Å². The Labute approximate surface area is 135 Å². The first kappa shape index (κ1) is 16.6. The zero-order valence-corrected chi connectivity index (χ0v) is 13.4. The van der Waals surface area contributed by atoms with Crippen LogP contribution in [-0.4, -0.2) is 29.5 Å². The molecule has 22 heavy (non-hydrogen) atoms. The number of halogens is 1. The van der Waals surface area contributed by atoms with E-state index < -0.39 is 6.10 Å². The van der Waals surface area contributed by atoms with Gasteiger partial charge in [0.05, 0.1) is 17.7 Å². The first-order valence-corrected chi connectivity index (χ1v) is 7.45. The molecule has 3 N–H and O–H groups in total. The summed E-state index contributed by atoms with van der Waals surface area (Å²) in [5.74, 6) is 1.35. The quantitative estimate of drug-likeness (QED) is 0.762. The number of ether oxygens (including phenoxy) is 1. The molecule has 118 valence electrons. The maximum atomic E-state index is 9.32. The average molecular weight is 322 g/mol. The van der Waals surface area contributed by atoms with Crippen LogP contribution in [0.5, 0.6) is 11.5 Å². The fourth-order valence-electron chi connectivity index (χ4n) is 1.93. The minimum absolute atomic E-state index is 0.254. The van der Waals surface area contributed by atoms with Crippen molar-refractivity contribution in [1.82, 2.24) is 0 Å². The molecule has 5 heteroatoms. The Balaban J connectivity index is 2.11. The molecule has 0 radical (unpaired) electrons. The summed E-state index contributed by atoms with van der Waals surface area (Å²) in [5.41, 5.74) is 2.91. The van der Waals surface area contributed by atoms with Gasteiger partial charge < -0.3 is 20.3 Å². The van der Waals surface area contributed by atoms with Crippen LogP contribution in [0.3, 0.4) is 0 Å². The minimum Gasteiger partial charge on any atom is -0.456 e. The summed E-state index contributed by atoms with van der Waals surface area (Å²) in [6.45, 7) is 3.96. The van der Waals surface area contributed by atoms with E-state index in [1.165, 1.54) is 0 Å². The highest BCUT2D eigenvalue weighted by molar-refractivity contribution is 6.32. The largest absolute Gasteiger partial charge is 0.456 e. The molecule has 0 amide bonds. The highest BCUT2D eigenvalue weighted by atomic mass is 35.5. The van der Waals surface area contributed by atoms with Crippen molar-refractivity contribution in [2.24, 2.45) is 0 Å². The zero-order chi connectivity index (χ0) is 16.1. The second-order valence-electron chi connectivity index (χ2n) is 5.23. The predicted molar refractivity (Wildman–Crippen MR) is 89.0 cm³/mol. The normalized spacial score (nSPS) is 12.0. The van der Waals surface area contributed by atoms with E-state index >= 15 is 0 Å². The molecule has 0 aliphatic heterocycles. The summed E-state index contributed by atoms with van der Waals surface area (Å²) in [6.07, 6.45) is -0.801. The lowest BCUT2D eigenvalue weighted by Crippen LogP contribution is -2.22. The van der Waals surface area contributed by atoms with Crippen LogP contribution in [0.25, 0.3) is 0 Å². The molecule has 2 rings (SSSR count). The molecule has 0 spiro atoms. The third kappa shape index (κ3) is 4.37. The Bertz CT molecular complexity index is 646. The summed E-state index contributed by atoms with van der Waals surface area (Å²) in [6, 6.07) is 11.3. The van der Waals surface area contributed by atoms with Crippen molar-refractivity contribution in [3.63, 3.8) is 0 Å². The number of rotatable bonds is 6. The van der Waals surface area contributed by atoms with Crippen molar-refractivity contribution in [3.05, 3.63) is 52.5 Å². The van der Waals surface area contributed by atoms with Gasteiger partial charge in [-0.3, -0.25) is 0 Å². The van der Waals surface area contributed by atoms with Crippen LogP contribution >= 0.6 is 11.6 Å². The van der Waals surface area contributed by atoms with Gasteiger partial charge in [-0.15, -0.1) is 0 Å². The third-order valence-corrected chi connectivity index (χ3v) is 3.54. The second-order valence-corrected chi connectivity index (χ2v) is 5.64. The van der Waals surface area contributed by atoms with Crippen LogP contribution in [0.4, 0.5) is 5.69 Å². The Kier molecular flexibility index (Phi) is 5.66. The predicted octanol–water partition coefficient (Wildman–Crippen LogP) is 3.51. The minimum atomic E-state index is -0.801. The number of benzene rings is 2. The highest BCUT2D eigenvalue weighted by Gasteiger charge is 2.08. The first-order valence-electron chi connectivity index (χ1n) is 7.07. The van der Waals surface area contributed by atoms with Crippen LogP contribution in [-0.2, 0) is 0 Å². The summed E-state index contributed by atoms with van der Waals surface area (Å²) in [4.78, 5) is 0. The molecule has 2 aromatic rings. The molecule has 0 bridgehead atoms. The van der Waals surface area contributed by atoms with Crippen molar-refractivity contribution in [2.45, 2.75) is 20.0 Å². The molecule has 0 saturated heterocycles. The summed E-state index contributed by atoms with van der Waals surface area (Å²) in [7, 11) is 0. The molecule has 0 fully saturated rings. The number of hydrogen-bond donors (Lipinski definition) is 3. The molecule has 0 aliphatic carbocycles. The van der Waals surface area contributed by atoms with Gasteiger partial charge in [0.1, 0.15) is 11.5 Å². The van der Waals surface area contributed by atoms with Crippen LogP contribution in [0.2, 0.25) is 5.02 Å². The monoisotopic (exact) mass is 321 g/mol. The maximum Gasteiger partial charge on any atom is 0.146 e. The number of aliphatic hydroxyl groups is 2. The van der Waals surface area contributed by atoms with Gasteiger partial charge in [0.15, 0.2) is 0 Å². The van der Waals surface area contributed by atoms with Gasteiger partial charge in [0.2, 0.25) is 0 Å². The third-order valence-electron chi connectivity index (χ3n) is 3.25.